The maximum absolute atomic E-state index is 11.5. The van der Waals surface area contributed by atoms with Gasteiger partial charge in [-0.2, -0.15) is 11.8 Å². The summed E-state index contributed by atoms with van der Waals surface area (Å²) >= 11 is 1.69. The Balaban J connectivity index is 3.68. The summed E-state index contributed by atoms with van der Waals surface area (Å²) in [7, 11) is 1.75. The van der Waals surface area contributed by atoms with E-state index in [1.807, 2.05) is 6.26 Å². The van der Waals surface area contributed by atoms with E-state index in [4.69, 9.17) is 4.74 Å². The summed E-state index contributed by atoms with van der Waals surface area (Å²) in [4.78, 5) is 24.1. The largest absolute Gasteiger partial charge is 0.466 e. The number of esters is 1. The Labute approximate surface area is 95.3 Å². The van der Waals surface area contributed by atoms with Gasteiger partial charge in [-0.05, 0) is 13.2 Å². The maximum atomic E-state index is 11.5. The first-order chi connectivity index (χ1) is 7.11. The summed E-state index contributed by atoms with van der Waals surface area (Å²) in [5.41, 5.74) is 0. The smallest absolute Gasteiger partial charge is 0.306 e. The highest BCUT2D eigenvalue weighted by molar-refractivity contribution is 7.98. The van der Waals surface area contributed by atoms with Gasteiger partial charge in [0.25, 0.3) is 0 Å². The quantitative estimate of drug-likeness (QED) is 0.619. The molecule has 0 spiro atoms. The second kappa shape index (κ2) is 8.59. The highest BCUT2D eigenvalue weighted by Crippen LogP contribution is 2.00. The molecule has 0 unspecified atom stereocenters. The fourth-order valence-electron chi connectivity index (χ4n) is 0.986. The number of carbonyl (C=O) groups excluding carboxylic acids is 2. The Hall–Kier alpha value is -0.710. The number of ether oxygens (including phenoxy) is 1. The first-order valence-electron chi connectivity index (χ1n) is 5.00. The third-order valence-electron chi connectivity index (χ3n) is 1.90. The summed E-state index contributed by atoms with van der Waals surface area (Å²) in [6.07, 6.45) is 2.41. The molecule has 4 nitrogen and oxygen atoms in total. The minimum Gasteiger partial charge on any atom is -0.466 e. The average Bonchev–Trinajstić information content (AvgIpc) is 2.22. The van der Waals surface area contributed by atoms with Crippen LogP contribution in [0.5, 0.6) is 0 Å². The Kier molecular flexibility index (Phi) is 8.18. The third kappa shape index (κ3) is 7.25. The summed E-state index contributed by atoms with van der Waals surface area (Å²) in [6.45, 7) is 2.85. The SMILES string of the molecule is CCOC(=O)CCC(=O)N(C)CCSC. The predicted molar refractivity (Wildman–Crippen MR) is 61.9 cm³/mol. The highest BCUT2D eigenvalue weighted by atomic mass is 32.2. The molecule has 0 aromatic heterocycles. The van der Waals surface area contributed by atoms with Crippen molar-refractivity contribution in [1.82, 2.24) is 4.90 Å². The number of rotatable bonds is 7. The fourth-order valence-corrected chi connectivity index (χ4v) is 1.44. The molecule has 1 amide bonds. The van der Waals surface area contributed by atoms with Crippen molar-refractivity contribution >= 4 is 23.6 Å². The van der Waals surface area contributed by atoms with E-state index in [1.54, 1.807) is 30.6 Å². The van der Waals surface area contributed by atoms with Gasteiger partial charge in [-0.3, -0.25) is 9.59 Å². The zero-order valence-electron chi connectivity index (χ0n) is 9.62. The van der Waals surface area contributed by atoms with Crippen molar-refractivity contribution in [3.8, 4) is 0 Å². The molecule has 0 aliphatic heterocycles. The first-order valence-corrected chi connectivity index (χ1v) is 6.39. The lowest BCUT2D eigenvalue weighted by Gasteiger charge is -2.15. The van der Waals surface area contributed by atoms with Gasteiger partial charge in [0.05, 0.1) is 13.0 Å². The molecule has 0 N–H and O–H groups in total. The fraction of sp³-hybridized carbons (Fsp3) is 0.800. The van der Waals surface area contributed by atoms with Crippen LogP contribution < -0.4 is 0 Å². The first kappa shape index (κ1) is 14.3. The van der Waals surface area contributed by atoms with Crippen molar-refractivity contribution in [2.24, 2.45) is 0 Å². The maximum Gasteiger partial charge on any atom is 0.306 e. The number of hydrogen-bond donors (Lipinski definition) is 0. The highest BCUT2D eigenvalue weighted by Gasteiger charge is 2.11. The molecule has 5 heteroatoms. The van der Waals surface area contributed by atoms with Crippen LogP contribution in [0.25, 0.3) is 0 Å². The van der Waals surface area contributed by atoms with Crippen LogP contribution in [0.1, 0.15) is 19.8 Å². The monoisotopic (exact) mass is 233 g/mol. The van der Waals surface area contributed by atoms with Crippen molar-refractivity contribution in [2.75, 3.05) is 32.2 Å². The molecule has 0 saturated heterocycles. The van der Waals surface area contributed by atoms with Crippen LogP contribution in [-0.4, -0.2) is 49.0 Å². The number of nitrogens with zero attached hydrogens (tertiary/aromatic N) is 1. The zero-order valence-corrected chi connectivity index (χ0v) is 10.4. The molecule has 0 saturated carbocycles. The minimum atomic E-state index is -0.302. The van der Waals surface area contributed by atoms with E-state index in [2.05, 4.69) is 0 Å². The summed E-state index contributed by atoms with van der Waals surface area (Å²) in [5.74, 6) is 0.614. The molecule has 0 aliphatic carbocycles. The second-order valence-corrected chi connectivity index (χ2v) is 4.10. The van der Waals surface area contributed by atoms with Crippen LogP contribution in [0.4, 0.5) is 0 Å². The van der Waals surface area contributed by atoms with Gasteiger partial charge in [-0.25, -0.2) is 0 Å². The normalized spacial score (nSPS) is 9.80. The molecule has 0 aliphatic rings. The van der Waals surface area contributed by atoms with Gasteiger partial charge in [-0.15, -0.1) is 0 Å². The molecule has 0 atom stereocenters. The van der Waals surface area contributed by atoms with Gasteiger partial charge in [0.1, 0.15) is 0 Å². The molecule has 88 valence electrons. The molecule has 0 radical (unpaired) electrons. The van der Waals surface area contributed by atoms with E-state index < -0.39 is 0 Å². The van der Waals surface area contributed by atoms with Gasteiger partial charge in [-0.1, -0.05) is 0 Å². The van der Waals surface area contributed by atoms with Crippen molar-refractivity contribution < 1.29 is 14.3 Å². The average molecular weight is 233 g/mol. The van der Waals surface area contributed by atoms with E-state index in [9.17, 15) is 9.59 Å². The molecular weight excluding hydrogens is 214 g/mol. The summed E-state index contributed by atoms with van der Waals surface area (Å²) in [6, 6.07) is 0. The Morgan fingerprint density at radius 1 is 1.33 bits per heavy atom. The molecule has 0 bridgehead atoms. The van der Waals surface area contributed by atoms with E-state index in [0.29, 0.717) is 6.61 Å². The molecule has 0 rings (SSSR count). The number of amides is 1. The topological polar surface area (TPSA) is 46.6 Å². The lowest BCUT2D eigenvalue weighted by atomic mass is 10.3. The third-order valence-corrected chi connectivity index (χ3v) is 2.50. The van der Waals surface area contributed by atoms with E-state index in [1.165, 1.54) is 0 Å². The number of hydrogen-bond acceptors (Lipinski definition) is 4. The van der Waals surface area contributed by atoms with Gasteiger partial charge in [0.15, 0.2) is 0 Å². The predicted octanol–water partition coefficient (Wildman–Crippen LogP) is 1.15. The molecule has 0 aromatic carbocycles. The van der Waals surface area contributed by atoms with Crippen molar-refractivity contribution in [1.29, 1.82) is 0 Å². The van der Waals surface area contributed by atoms with Gasteiger partial charge < -0.3 is 9.64 Å². The van der Waals surface area contributed by atoms with Crippen molar-refractivity contribution in [3.05, 3.63) is 0 Å². The van der Waals surface area contributed by atoms with Crippen molar-refractivity contribution in [3.63, 3.8) is 0 Å². The van der Waals surface area contributed by atoms with Crippen LogP contribution in [0.2, 0.25) is 0 Å². The molecular formula is C10H19NO3S. The zero-order chi connectivity index (χ0) is 11.7. The minimum absolute atomic E-state index is 0.00268. The van der Waals surface area contributed by atoms with Crippen LogP contribution in [0.15, 0.2) is 0 Å². The molecule has 15 heavy (non-hydrogen) atoms. The van der Waals surface area contributed by atoms with Crippen LogP contribution in [-0.2, 0) is 14.3 Å². The van der Waals surface area contributed by atoms with Gasteiger partial charge >= 0.3 is 5.97 Å². The molecule has 0 fully saturated rings. The Morgan fingerprint density at radius 2 is 2.00 bits per heavy atom. The molecule has 0 heterocycles. The van der Waals surface area contributed by atoms with Crippen molar-refractivity contribution in [2.45, 2.75) is 19.8 Å². The Bertz CT molecular complexity index is 209. The second-order valence-electron chi connectivity index (χ2n) is 3.11. The summed E-state index contributed by atoms with van der Waals surface area (Å²) < 4.78 is 4.74. The van der Waals surface area contributed by atoms with E-state index in [-0.39, 0.29) is 24.7 Å². The number of carbonyl (C=O) groups is 2. The standard InChI is InChI=1S/C10H19NO3S/c1-4-14-10(13)6-5-9(12)11(2)7-8-15-3/h4-8H2,1-3H3. The van der Waals surface area contributed by atoms with E-state index >= 15 is 0 Å². The lowest BCUT2D eigenvalue weighted by Crippen LogP contribution is -2.29. The lowest BCUT2D eigenvalue weighted by molar-refractivity contribution is -0.145. The van der Waals surface area contributed by atoms with Crippen LogP contribution in [0, 0.1) is 0 Å². The van der Waals surface area contributed by atoms with Crippen LogP contribution in [0.3, 0.4) is 0 Å². The van der Waals surface area contributed by atoms with Crippen LogP contribution >= 0.6 is 11.8 Å². The number of thioether (sulfide) groups is 1. The van der Waals surface area contributed by atoms with E-state index in [0.717, 1.165) is 12.3 Å². The van der Waals surface area contributed by atoms with Gasteiger partial charge in [0, 0.05) is 25.8 Å². The Morgan fingerprint density at radius 3 is 2.53 bits per heavy atom. The summed E-state index contributed by atoms with van der Waals surface area (Å²) in [5, 5.41) is 0. The molecule has 0 aromatic rings. The van der Waals surface area contributed by atoms with Gasteiger partial charge in [0.2, 0.25) is 5.91 Å².